The number of nitrogens with one attached hydrogen (secondary N) is 1. The van der Waals surface area contributed by atoms with Crippen LogP contribution in [0.5, 0.6) is 0 Å². The first-order valence-corrected chi connectivity index (χ1v) is 15.8. The molecule has 198 valence electrons. The number of nitro benzene ring substituents is 1. The molecule has 0 saturated carbocycles. The molecular weight excluding hydrogens is 539 g/mol. The van der Waals surface area contributed by atoms with E-state index >= 15 is 0 Å². The van der Waals surface area contributed by atoms with Gasteiger partial charge in [0.25, 0.3) is 0 Å². The van der Waals surface area contributed by atoms with Crippen molar-refractivity contribution in [3.05, 3.63) is 172 Å². The number of nitro groups is 1. The summed E-state index contributed by atoms with van der Waals surface area (Å²) in [4.78, 5) is 24.7. The van der Waals surface area contributed by atoms with Gasteiger partial charge in [-0.2, -0.15) is 0 Å². The molecule has 0 heterocycles. The SMILES string of the molecule is O=C(NC(=Cc1ccc([N+](=O)[O-])cc1)P(Cl)(c1ccccc1)(c1ccccc1)c1ccccc1)c1ccccc1. The van der Waals surface area contributed by atoms with Crippen molar-refractivity contribution in [1.82, 2.24) is 5.32 Å². The van der Waals surface area contributed by atoms with Crippen molar-refractivity contribution in [2.24, 2.45) is 0 Å². The molecule has 0 aliphatic heterocycles. The first-order valence-electron chi connectivity index (χ1n) is 12.6. The first-order chi connectivity index (χ1) is 19.4. The van der Waals surface area contributed by atoms with Gasteiger partial charge < -0.3 is 0 Å². The molecule has 5 rings (SSSR count). The minimum absolute atomic E-state index is 0.0236. The predicted octanol–water partition coefficient (Wildman–Crippen LogP) is 7.01. The van der Waals surface area contributed by atoms with Crippen LogP contribution in [0.4, 0.5) is 5.69 Å². The number of non-ortho nitro benzene ring substituents is 1. The van der Waals surface area contributed by atoms with Crippen LogP contribution in [0.15, 0.2) is 151 Å². The summed E-state index contributed by atoms with van der Waals surface area (Å²) in [5.41, 5.74) is 1.61. The van der Waals surface area contributed by atoms with Crippen LogP contribution >= 0.6 is 17.2 Å². The van der Waals surface area contributed by atoms with Gasteiger partial charge in [-0.15, -0.1) is 0 Å². The molecule has 0 aliphatic rings. The molecule has 0 aliphatic carbocycles. The Bertz CT molecular complexity index is 1560. The number of amides is 1. The summed E-state index contributed by atoms with van der Waals surface area (Å²) in [5.74, 6) is -4.45. The van der Waals surface area contributed by atoms with Crippen LogP contribution < -0.4 is 21.2 Å². The Morgan fingerprint density at radius 3 is 1.45 bits per heavy atom. The summed E-state index contributed by atoms with van der Waals surface area (Å²) in [6.45, 7) is 0. The third-order valence-corrected chi connectivity index (χ3v) is 14.1. The predicted molar refractivity (Wildman–Crippen MR) is 166 cm³/mol. The molecule has 0 fully saturated rings. The fourth-order valence-corrected chi connectivity index (χ4v) is 10.8. The number of rotatable bonds is 8. The fraction of sp³-hybridized carbons (Fsp3) is 0. The zero-order valence-corrected chi connectivity index (χ0v) is 23.1. The Labute approximate surface area is 237 Å². The molecule has 5 aromatic carbocycles. The number of halogens is 1. The maximum absolute atomic E-state index is 13.8. The number of hydrogen-bond acceptors (Lipinski definition) is 3. The van der Waals surface area contributed by atoms with Gasteiger partial charge in [-0.1, -0.05) is 0 Å². The van der Waals surface area contributed by atoms with Crippen molar-refractivity contribution in [3.8, 4) is 0 Å². The van der Waals surface area contributed by atoms with Crippen molar-refractivity contribution in [3.63, 3.8) is 0 Å². The number of carbonyl (C=O) groups is 1. The summed E-state index contributed by atoms with van der Waals surface area (Å²) in [6, 6.07) is 44.5. The van der Waals surface area contributed by atoms with Crippen molar-refractivity contribution < 1.29 is 9.72 Å². The molecule has 1 amide bonds. The van der Waals surface area contributed by atoms with Crippen molar-refractivity contribution in [1.29, 1.82) is 0 Å². The molecule has 0 spiro atoms. The molecule has 0 bridgehead atoms. The Kier molecular flexibility index (Phi) is 7.61. The van der Waals surface area contributed by atoms with Crippen LogP contribution in [0.2, 0.25) is 0 Å². The van der Waals surface area contributed by atoms with E-state index in [1.807, 2.05) is 103 Å². The van der Waals surface area contributed by atoms with Gasteiger partial charge >= 0.3 is 238 Å². The molecule has 5 nitrogen and oxygen atoms in total. The van der Waals surface area contributed by atoms with Crippen LogP contribution in [0, 0.1) is 10.1 Å². The van der Waals surface area contributed by atoms with Crippen molar-refractivity contribution in [2.75, 3.05) is 0 Å². The van der Waals surface area contributed by atoms with E-state index < -0.39 is 10.9 Å². The van der Waals surface area contributed by atoms with Crippen LogP contribution in [-0.4, -0.2) is 10.8 Å². The molecule has 0 aromatic heterocycles. The molecular formula is C33H26ClN2O3P. The Balaban J connectivity index is 1.88. The normalized spacial score (nSPS) is 12.6. The van der Waals surface area contributed by atoms with E-state index in [4.69, 9.17) is 11.2 Å². The summed E-state index contributed by atoms with van der Waals surface area (Å²) < 4.78 is 0. The Morgan fingerprint density at radius 1 is 0.650 bits per heavy atom. The van der Waals surface area contributed by atoms with Crippen LogP contribution in [0.1, 0.15) is 15.9 Å². The van der Waals surface area contributed by atoms with Gasteiger partial charge in [-0.05, 0) is 0 Å². The quantitative estimate of drug-likeness (QED) is 0.125. The van der Waals surface area contributed by atoms with Gasteiger partial charge in [0.15, 0.2) is 0 Å². The van der Waals surface area contributed by atoms with E-state index in [0.29, 0.717) is 16.6 Å². The van der Waals surface area contributed by atoms with Crippen molar-refractivity contribution >= 4 is 50.8 Å². The number of hydrogen-bond donors (Lipinski definition) is 1. The molecule has 0 saturated heterocycles. The average molecular weight is 565 g/mol. The second kappa shape index (κ2) is 11.3. The second-order valence-corrected chi connectivity index (χ2v) is 15.3. The molecule has 0 unspecified atom stereocenters. The van der Waals surface area contributed by atoms with E-state index in [1.54, 1.807) is 36.4 Å². The molecule has 5 aromatic rings. The molecule has 1 N–H and O–H groups in total. The van der Waals surface area contributed by atoms with Gasteiger partial charge in [0.1, 0.15) is 0 Å². The van der Waals surface area contributed by atoms with E-state index in [0.717, 1.165) is 15.9 Å². The Hall–Kier alpha value is -4.57. The summed E-state index contributed by atoms with van der Waals surface area (Å²) >= 11 is 8.34. The minimum atomic E-state index is -4.13. The van der Waals surface area contributed by atoms with E-state index in [-0.39, 0.29) is 11.6 Å². The monoisotopic (exact) mass is 564 g/mol. The molecule has 40 heavy (non-hydrogen) atoms. The van der Waals surface area contributed by atoms with Crippen LogP contribution in [0.25, 0.3) is 6.08 Å². The number of carbonyl (C=O) groups excluding carboxylic acids is 1. The zero-order chi connectivity index (χ0) is 28.0. The third-order valence-electron chi connectivity index (χ3n) is 6.86. The average Bonchev–Trinajstić information content (AvgIpc) is 3.02. The van der Waals surface area contributed by atoms with Gasteiger partial charge in [0.2, 0.25) is 0 Å². The second-order valence-electron chi connectivity index (χ2n) is 9.21. The maximum atomic E-state index is 13.8. The zero-order valence-electron chi connectivity index (χ0n) is 21.4. The van der Waals surface area contributed by atoms with Crippen LogP contribution in [0.3, 0.4) is 0 Å². The molecule has 7 heteroatoms. The van der Waals surface area contributed by atoms with Crippen LogP contribution in [-0.2, 0) is 0 Å². The Morgan fingerprint density at radius 2 is 1.05 bits per heavy atom. The first kappa shape index (κ1) is 27.0. The molecule has 0 atom stereocenters. The topological polar surface area (TPSA) is 72.2 Å². The van der Waals surface area contributed by atoms with E-state index in [9.17, 15) is 14.9 Å². The third kappa shape index (κ3) is 4.82. The van der Waals surface area contributed by atoms with Gasteiger partial charge in [0.05, 0.1) is 0 Å². The molecule has 0 radical (unpaired) electrons. The van der Waals surface area contributed by atoms with Gasteiger partial charge in [-0.3, -0.25) is 0 Å². The number of benzene rings is 5. The number of nitrogens with zero attached hydrogens (tertiary/aromatic N) is 1. The van der Waals surface area contributed by atoms with Gasteiger partial charge in [0, 0.05) is 0 Å². The van der Waals surface area contributed by atoms with Crippen molar-refractivity contribution in [2.45, 2.75) is 0 Å². The van der Waals surface area contributed by atoms with Gasteiger partial charge in [-0.25, -0.2) is 0 Å². The summed E-state index contributed by atoms with van der Waals surface area (Å²) in [6.07, 6.45) is 1.84. The van der Waals surface area contributed by atoms with E-state index in [2.05, 4.69) is 5.32 Å². The standard InChI is InChI=1S/C33H26ClN2O3P/c34-40(29-15-7-2-8-16-29,30-17-9-3-10-18-30,31-19-11-4-12-20-31)32(35-33(37)27-13-5-1-6-14-27)25-26-21-23-28(24-22-26)36(38)39/h1-25H,(H,35,37). The van der Waals surface area contributed by atoms with E-state index in [1.165, 1.54) is 12.1 Å². The fourth-order valence-electron chi connectivity index (χ4n) is 4.88. The summed E-state index contributed by atoms with van der Waals surface area (Å²) in [5, 5.41) is 17.1. The summed E-state index contributed by atoms with van der Waals surface area (Å²) in [7, 11) is 0.